The van der Waals surface area contributed by atoms with Crippen LogP contribution in [0.15, 0.2) is 22.9 Å². The van der Waals surface area contributed by atoms with Gasteiger partial charge in [-0.15, -0.1) is 0 Å². The summed E-state index contributed by atoms with van der Waals surface area (Å²) in [6.07, 6.45) is 3.17. The van der Waals surface area contributed by atoms with Gasteiger partial charge < -0.3 is 4.52 Å². The minimum Gasteiger partial charge on any atom is -0.354 e. The van der Waals surface area contributed by atoms with E-state index in [9.17, 15) is 8.42 Å². The predicted molar refractivity (Wildman–Crippen MR) is 65.6 cm³/mol. The van der Waals surface area contributed by atoms with E-state index in [1.807, 2.05) is 12.1 Å². The summed E-state index contributed by atoms with van der Waals surface area (Å²) >= 11 is 0. The van der Waals surface area contributed by atoms with Crippen molar-refractivity contribution in [3.63, 3.8) is 0 Å². The second-order valence-corrected chi connectivity index (χ2v) is 6.91. The zero-order chi connectivity index (χ0) is 12.8. The van der Waals surface area contributed by atoms with E-state index in [2.05, 4.69) is 10.1 Å². The van der Waals surface area contributed by atoms with Gasteiger partial charge in [0.1, 0.15) is 17.1 Å². The quantitative estimate of drug-likeness (QED) is 0.788. The van der Waals surface area contributed by atoms with Crippen LogP contribution in [0.25, 0.3) is 11.5 Å². The van der Waals surface area contributed by atoms with Crippen molar-refractivity contribution in [1.29, 1.82) is 0 Å². The van der Waals surface area contributed by atoms with Crippen LogP contribution < -0.4 is 0 Å². The lowest BCUT2D eigenvalue weighted by molar-refractivity contribution is 0.423. The number of aromatic nitrogens is 2. The fraction of sp³-hybridized carbons (Fsp3) is 0.273. The third-order valence-electron chi connectivity index (χ3n) is 2.93. The van der Waals surface area contributed by atoms with E-state index < -0.39 is 9.05 Å². The maximum Gasteiger partial charge on any atom is 0.238 e. The molecule has 0 amide bonds. The van der Waals surface area contributed by atoms with Crippen molar-refractivity contribution in [1.82, 2.24) is 10.1 Å². The number of hydrogen-bond donors (Lipinski definition) is 0. The van der Waals surface area contributed by atoms with Crippen molar-refractivity contribution in [2.75, 3.05) is 0 Å². The second kappa shape index (κ2) is 4.07. The lowest BCUT2D eigenvalue weighted by atomic mass is 9.93. The third-order valence-corrected chi connectivity index (χ3v) is 3.87. The van der Waals surface area contributed by atoms with Gasteiger partial charge in [0.25, 0.3) is 0 Å². The number of rotatable bonds is 2. The topological polar surface area (TPSA) is 73.1 Å². The first-order valence-corrected chi connectivity index (χ1v) is 7.86. The van der Waals surface area contributed by atoms with E-state index in [4.69, 9.17) is 15.2 Å². The Bertz CT molecular complexity index is 709. The molecule has 5 nitrogen and oxygen atoms in total. The number of nitrogens with zero attached hydrogens (tertiary/aromatic N) is 2. The third kappa shape index (κ3) is 2.02. The molecular formula is C11H9ClN2O3S. The molecule has 0 bridgehead atoms. The Morgan fingerprint density at radius 1 is 1.39 bits per heavy atom. The van der Waals surface area contributed by atoms with Gasteiger partial charge in [0.2, 0.25) is 9.05 Å². The molecule has 0 aliphatic heterocycles. The van der Waals surface area contributed by atoms with Crippen LogP contribution in [0.3, 0.4) is 0 Å². The molecule has 1 aliphatic carbocycles. The Hall–Kier alpha value is -1.40. The molecule has 0 N–H and O–H groups in total. The number of pyridine rings is 1. The molecule has 3 rings (SSSR count). The standard InChI is InChI=1S/C11H9ClN2O3S/c12-18(15,16)6-9-8-4-3-7-2-1-5-13-10(7)11(8)17-14-9/h1-2,5H,3-4,6H2. The van der Waals surface area contributed by atoms with Crippen LogP contribution in [0.5, 0.6) is 0 Å². The molecule has 2 aromatic rings. The Balaban J connectivity index is 2.10. The number of hydrogen-bond acceptors (Lipinski definition) is 5. The number of fused-ring (bicyclic) bond motifs is 3. The molecule has 0 spiro atoms. The van der Waals surface area contributed by atoms with Gasteiger partial charge in [-0.05, 0) is 24.5 Å². The van der Waals surface area contributed by atoms with Gasteiger partial charge in [-0.25, -0.2) is 8.42 Å². The summed E-state index contributed by atoms with van der Waals surface area (Å²) in [5, 5.41) is 3.80. The molecule has 0 radical (unpaired) electrons. The molecule has 0 unspecified atom stereocenters. The highest BCUT2D eigenvalue weighted by Crippen LogP contribution is 2.34. The van der Waals surface area contributed by atoms with E-state index in [1.165, 1.54) is 0 Å². The van der Waals surface area contributed by atoms with E-state index in [1.54, 1.807) is 6.20 Å². The fourth-order valence-corrected chi connectivity index (χ4v) is 3.03. The van der Waals surface area contributed by atoms with E-state index >= 15 is 0 Å². The highest BCUT2D eigenvalue weighted by atomic mass is 35.7. The van der Waals surface area contributed by atoms with Gasteiger partial charge in [-0.3, -0.25) is 4.98 Å². The molecule has 0 saturated heterocycles. The molecule has 18 heavy (non-hydrogen) atoms. The molecule has 0 atom stereocenters. The first kappa shape index (κ1) is 11.7. The number of halogens is 1. The fourth-order valence-electron chi connectivity index (χ4n) is 2.17. The highest BCUT2D eigenvalue weighted by molar-refractivity contribution is 8.13. The smallest absolute Gasteiger partial charge is 0.238 e. The van der Waals surface area contributed by atoms with E-state index in [0.717, 1.165) is 23.2 Å². The van der Waals surface area contributed by atoms with Crippen molar-refractivity contribution in [2.24, 2.45) is 0 Å². The van der Waals surface area contributed by atoms with Gasteiger partial charge in [-0.2, -0.15) is 0 Å². The maximum atomic E-state index is 11.1. The molecule has 1 aliphatic rings. The SMILES string of the molecule is O=S(=O)(Cl)Cc1noc2c1CCc1cccnc1-2. The Labute approximate surface area is 108 Å². The summed E-state index contributed by atoms with van der Waals surface area (Å²) in [7, 11) is 1.61. The zero-order valence-electron chi connectivity index (χ0n) is 9.26. The largest absolute Gasteiger partial charge is 0.354 e. The summed E-state index contributed by atoms with van der Waals surface area (Å²) in [4.78, 5) is 4.25. The molecule has 2 aromatic heterocycles. The minimum absolute atomic E-state index is 0.310. The Morgan fingerprint density at radius 3 is 3.00 bits per heavy atom. The molecule has 0 fully saturated rings. The molecular weight excluding hydrogens is 276 g/mol. The molecule has 0 aromatic carbocycles. The lowest BCUT2D eigenvalue weighted by Crippen LogP contribution is -2.06. The summed E-state index contributed by atoms with van der Waals surface area (Å²) in [5.74, 6) is 0.252. The molecule has 94 valence electrons. The summed E-state index contributed by atoms with van der Waals surface area (Å²) < 4.78 is 27.4. The number of aryl methyl sites for hydroxylation is 1. The van der Waals surface area contributed by atoms with Crippen LogP contribution in [-0.2, 0) is 27.6 Å². The van der Waals surface area contributed by atoms with Crippen molar-refractivity contribution in [3.8, 4) is 11.5 Å². The van der Waals surface area contributed by atoms with Crippen molar-refractivity contribution >= 4 is 19.7 Å². The predicted octanol–water partition coefficient (Wildman–Crippen LogP) is 1.90. The van der Waals surface area contributed by atoms with Crippen LogP contribution in [0, 0.1) is 0 Å². The van der Waals surface area contributed by atoms with Crippen LogP contribution in [0.4, 0.5) is 0 Å². The highest BCUT2D eigenvalue weighted by Gasteiger charge is 2.26. The Kier molecular flexibility index (Phi) is 2.64. The van der Waals surface area contributed by atoms with Crippen LogP contribution in [0.1, 0.15) is 16.8 Å². The van der Waals surface area contributed by atoms with Gasteiger partial charge in [-0.1, -0.05) is 11.2 Å². The second-order valence-electron chi connectivity index (χ2n) is 4.13. The average molecular weight is 285 g/mol. The molecule has 2 heterocycles. The maximum absolute atomic E-state index is 11.1. The van der Waals surface area contributed by atoms with Crippen molar-refractivity contribution < 1.29 is 12.9 Å². The van der Waals surface area contributed by atoms with E-state index in [-0.39, 0.29) is 5.75 Å². The van der Waals surface area contributed by atoms with Gasteiger partial charge in [0, 0.05) is 22.4 Å². The van der Waals surface area contributed by atoms with Gasteiger partial charge in [0.15, 0.2) is 5.76 Å². The lowest BCUT2D eigenvalue weighted by Gasteiger charge is -2.12. The van der Waals surface area contributed by atoms with Crippen LogP contribution in [-0.4, -0.2) is 18.6 Å². The van der Waals surface area contributed by atoms with Crippen LogP contribution >= 0.6 is 10.7 Å². The summed E-state index contributed by atoms with van der Waals surface area (Å²) in [6.45, 7) is 0. The average Bonchev–Trinajstić information content (AvgIpc) is 2.71. The minimum atomic E-state index is -3.63. The zero-order valence-corrected chi connectivity index (χ0v) is 10.8. The van der Waals surface area contributed by atoms with Gasteiger partial charge >= 0.3 is 0 Å². The normalized spacial score (nSPS) is 14.1. The summed E-state index contributed by atoms with van der Waals surface area (Å²) in [6, 6.07) is 3.84. The first-order valence-electron chi connectivity index (χ1n) is 5.38. The molecule has 7 heteroatoms. The molecule has 0 saturated carbocycles. The van der Waals surface area contributed by atoms with Crippen molar-refractivity contribution in [3.05, 3.63) is 35.2 Å². The van der Waals surface area contributed by atoms with E-state index in [0.29, 0.717) is 17.9 Å². The Morgan fingerprint density at radius 2 is 2.22 bits per heavy atom. The monoisotopic (exact) mass is 284 g/mol. The van der Waals surface area contributed by atoms with Crippen LogP contribution in [0.2, 0.25) is 0 Å². The first-order chi connectivity index (χ1) is 8.54. The van der Waals surface area contributed by atoms with Gasteiger partial charge in [0.05, 0.1) is 0 Å². The summed E-state index contributed by atoms with van der Waals surface area (Å²) in [5.41, 5.74) is 3.01. The van der Waals surface area contributed by atoms with Crippen molar-refractivity contribution in [2.45, 2.75) is 18.6 Å².